The Kier molecular flexibility index (Phi) is 2.69. The van der Waals surface area contributed by atoms with Gasteiger partial charge in [0.2, 0.25) is 0 Å². The van der Waals surface area contributed by atoms with Crippen LogP contribution in [0.15, 0.2) is 36.7 Å². The Hall–Kier alpha value is -1.08. The van der Waals surface area contributed by atoms with Crippen molar-refractivity contribution in [2.45, 2.75) is 18.7 Å². The highest BCUT2D eigenvalue weighted by Gasteiger charge is 2.05. The first-order valence-corrected chi connectivity index (χ1v) is 5.22. The Balaban J connectivity index is 2.51. The number of fused-ring (bicyclic) bond motifs is 1. The van der Waals surface area contributed by atoms with Gasteiger partial charge in [-0.05, 0) is 29.5 Å². The number of alkyl halides is 1. The molecule has 1 nitrogen and oxygen atoms in total. The molecule has 2 aromatic rings. The van der Waals surface area contributed by atoms with Gasteiger partial charge in [0.1, 0.15) is 0 Å². The quantitative estimate of drug-likeness (QED) is 0.678. The summed E-state index contributed by atoms with van der Waals surface area (Å²) in [5, 5.41) is 2.49. The lowest BCUT2D eigenvalue weighted by molar-refractivity contribution is 0.885. The van der Waals surface area contributed by atoms with Crippen molar-refractivity contribution in [3.05, 3.63) is 42.2 Å². The van der Waals surface area contributed by atoms with Crippen molar-refractivity contribution in [3.63, 3.8) is 0 Å². The fraction of sp³-hybridized carbons (Fsp3) is 0.250. The van der Waals surface area contributed by atoms with Crippen LogP contribution in [-0.4, -0.2) is 4.98 Å². The first-order chi connectivity index (χ1) is 6.81. The average Bonchev–Trinajstić information content (AvgIpc) is 2.27. The molecule has 1 unspecified atom stereocenters. The molecule has 2 heteroatoms. The zero-order valence-electron chi connectivity index (χ0n) is 8.07. The van der Waals surface area contributed by atoms with Crippen molar-refractivity contribution in [3.8, 4) is 0 Å². The maximum atomic E-state index is 6.18. The van der Waals surface area contributed by atoms with Crippen LogP contribution in [0.2, 0.25) is 0 Å². The zero-order chi connectivity index (χ0) is 9.97. The lowest BCUT2D eigenvalue weighted by Gasteiger charge is -2.07. The molecule has 0 bridgehead atoms. The van der Waals surface area contributed by atoms with E-state index in [4.69, 9.17) is 11.6 Å². The van der Waals surface area contributed by atoms with E-state index in [1.54, 1.807) is 6.20 Å². The summed E-state index contributed by atoms with van der Waals surface area (Å²) in [5.41, 5.74) is 1.19. The molecule has 0 aliphatic carbocycles. The average molecular weight is 206 g/mol. The Morgan fingerprint density at radius 2 is 2.14 bits per heavy atom. The second kappa shape index (κ2) is 3.97. The van der Waals surface area contributed by atoms with Crippen molar-refractivity contribution < 1.29 is 0 Å². The van der Waals surface area contributed by atoms with Crippen LogP contribution >= 0.6 is 11.6 Å². The van der Waals surface area contributed by atoms with E-state index in [1.165, 1.54) is 10.9 Å². The predicted octanol–water partition coefficient (Wildman–Crippen LogP) is 3.92. The number of aromatic nitrogens is 1. The molecule has 0 fully saturated rings. The van der Waals surface area contributed by atoms with E-state index in [9.17, 15) is 0 Å². The first kappa shape index (κ1) is 9.47. The molecular formula is C12H12ClN. The normalized spacial score (nSPS) is 13.0. The Bertz CT molecular complexity index is 439. The molecule has 1 heterocycles. The number of hydrogen-bond donors (Lipinski definition) is 0. The highest BCUT2D eigenvalue weighted by Crippen LogP contribution is 2.26. The molecule has 2 rings (SSSR count). The zero-order valence-corrected chi connectivity index (χ0v) is 8.83. The molecule has 14 heavy (non-hydrogen) atoms. The van der Waals surface area contributed by atoms with Gasteiger partial charge in [-0.15, -0.1) is 11.6 Å². The largest absolute Gasteiger partial charge is 0.264 e. The summed E-state index contributed by atoms with van der Waals surface area (Å²) < 4.78 is 0. The van der Waals surface area contributed by atoms with Crippen LogP contribution in [0.4, 0.5) is 0 Å². The van der Waals surface area contributed by atoms with E-state index in [1.807, 2.05) is 12.3 Å². The molecule has 0 saturated heterocycles. The molecule has 0 spiro atoms. The topological polar surface area (TPSA) is 12.9 Å². The fourth-order valence-corrected chi connectivity index (χ4v) is 1.67. The van der Waals surface area contributed by atoms with Crippen LogP contribution in [0, 0.1) is 0 Å². The van der Waals surface area contributed by atoms with E-state index in [0.717, 1.165) is 11.8 Å². The Morgan fingerprint density at radius 3 is 2.93 bits per heavy atom. The summed E-state index contributed by atoms with van der Waals surface area (Å²) in [5.74, 6) is 0. The molecule has 0 aliphatic heterocycles. The van der Waals surface area contributed by atoms with E-state index in [-0.39, 0.29) is 5.38 Å². The van der Waals surface area contributed by atoms with E-state index < -0.39 is 0 Å². The summed E-state index contributed by atoms with van der Waals surface area (Å²) in [4.78, 5) is 4.07. The molecule has 0 amide bonds. The molecule has 1 aromatic heterocycles. The number of halogens is 1. The maximum Gasteiger partial charge on any atom is 0.0582 e. The number of pyridine rings is 1. The van der Waals surface area contributed by atoms with Crippen LogP contribution in [0.3, 0.4) is 0 Å². The summed E-state index contributed by atoms with van der Waals surface area (Å²) >= 11 is 6.18. The van der Waals surface area contributed by atoms with Crippen molar-refractivity contribution in [2.24, 2.45) is 0 Å². The summed E-state index contributed by atoms with van der Waals surface area (Å²) in [6, 6.07) is 8.30. The number of benzene rings is 1. The minimum Gasteiger partial charge on any atom is -0.264 e. The van der Waals surface area contributed by atoms with Crippen molar-refractivity contribution >= 4 is 22.4 Å². The Morgan fingerprint density at radius 1 is 1.29 bits per heavy atom. The smallest absolute Gasteiger partial charge is 0.0582 e. The van der Waals surface area contributed by atoms with Gasteiger partial charge in [-0.3, -0.25) is 4.98 Å². The molecule has 1 atom stereocenters. The maximum absolute atomic E-state index is 6.18. The molecule has 0 radical (unpaired) electrons. The number of hydrogen-bond acceptors (Lipinski definition) is 1. The second-order valence-electron chi connectivity index (χ2n) is 3.36. The molecule has 72 valence electrons. The minimum atomic E-state index is 0.118. The first-order valence-electron chi connectivity index (χ1n) is 4.79. The van der Waals surface area contributed by atoms with E-state index in [2.05, 4.69) is 30.1 Å². The minimum absolute atomic E-state index is 0.118. The van der Waals surface area contributed by atoms with Gasteiger partial charge >= 0.3 is 0 Å². The molecule has 1 aromatic carbocycles. The number of rotatable bonds is 2. The van der Waals surface area contributed by atoms with Crippen LogP contribution in [-0.2, 0) is 0 Å². The number of nitrogens with zero attached hydrogens (tertiary/aromatic N) is 1. The standard InChI is InChI=1S/C12H12ClN/c1-2-12(13)10-3-4-11-8-14-6-5-9(11)7-10/h3-8,12H,2H2,1H3. The van der Waals surface area contributed by atoms with E-state index >= 15 is 0 Å². The lowest BCUT2D eigenvalue weighted by Crippen LogP contribution is -1.87. The van der Waals surface area contributed by atoms with Gasteiger partial charge in [0, 0.05) is 17.8 Å². The highest BCUT2D eigenvalue weighted by atomic mass is 35.5. The van der Waals surface area contributed by atoms with Gasteiger partial charge in [0.15, 0.2) is 0 Å². The third-order valence-corrected chi connectivity index (χ3v) is 2.95. The lowest BCUT2D eigenvalue weighted by atomic mass is 10.1. The summed E-state index contributed by atoms with van der Waals surface area (Å²) in [6.45, 7) is 2.09. The fourth-order valence-electron chi connectivity index (χ4n) is 1.53. The predicted molar refractivity (Wildman–Crippen MR) is 60.6 cm³/mol. The molecular weight excluding hydrogens is 194 g/mol. The van der Waals surface area contributed by atoms with Gasteiger partial charge < -0.3 is 0 Å². The Labute approximate surface area is 88.7 Å². The van der Waals surface area contributed by atoms with Crippen LogP contribution in [0.1, 0.15) is 24.3 Å². The van der Waals surface area contributed by atoms with Crippen molar-refractivity contribution in [2.75, 3.05) is 0 Å². The third kappa shape index (κ3) is 1.73. The third-order valence-electron chi connectivity index (χ3n) is 2.38. The van der Waals surface area contributed by atoms with Gasteiger partial charge in [0.25, 0.3) is 0 Å². The highest BCUT2D eigenvalue weighted by molar-refractivity contribution is 6.20. The SMILES string of the molecule is CCC(Cl)c1ccc2cnccc2c1. The van der Waals surface area contributed by atoms with Crippen molar-refractivity contribution in [1.29, 1.82) is 0 Å². The van der Waals surface area contributed by atoms with Crippen LogP contribution in [0.25, 0.3) is 10.8 Å². The van der Waals surface area contributed by atoms with Crippen LogP contribution < -0.4 is 0 Å². The van der Waals surface area contributed by atoms with E-state index in [0.29, 0.717) is 0 Å². The van der Waals surface area contributed by atoms with Crippen LogP contribution in [0.5, 0.6) is 0 Å². The van der Waals surface area contributed by atoms with Crippen molar-refractivity contribution in [1.82, 2.24) is 4.98 Å². The van der Waals surface area contributed by atoms with Gasteiger partial charge in [-0.2, -0.15) is 0 Å². The van der Waals surface area contributed by atoms with Gasteiger partial charge in [-0.25, -0.2) is 0 Å². The van der Waals surface area contributed by atoms with Gasteiger partial charge in [0.05, 0.1) is 5.38 Å². The molecule has 0 saturated carbocycles. The molecule has 0 N–H and O–H groups in total. The summed E-state index contributed by atoms with van der Waals surface area (Å²) in [7, 11) is 0. The second-order valence-corrected chi connectivity index (χ2v) is 3.88. The van der Waals surface area contributed by atoms with Gasteiger partial charge in [-0.1, -0.05) is 19.1 Å². The molecule has 0 aliphatic rings. The monoisotopic (exact) mass is 205 g/mol. The summed E-state index contributed by atoms with van der Waals surface area (Å²) in [6.07, 6.45) is 4.63.